The van der Waals surface area contributed by atoms with Gasteiger partial charge in [0.25, 0.3) is 0 Å². The van der Waals surface area contributed by atoms with Crippen LogP contribution in [0.4, 0.5) is 10.5 Å². The zero-order valence-electron chi connectivity index (χ0n) is 14.6. The topological polar surface area (TPSA) is 90.5 Å². The Bertz CT molecular complexity index is 860. The van der Waals surface area contributed by atoms with Crippen molar-refractivity contribution in [2.75, 3.05) is 18.4 Å². The van der Waals surface area contributed by atoms with Gasteiger partial charge in [0.05, 0.1) is 18.3 Å². The number of carbonyl (C=O) groups is 3. The normalized spacial score (nSPS) is 21.4. The minimum atomic E-state index is -0.492. The van der Waals surface area contributed by atoms with Gasteiger partial charge in [0, 0.05) is 12.1 Å². The van der Waals surface area contributed by atoms with Crippen LogP contribution in [0.2, 0.25) is 0 Å². The van der Waals surface area contributed by atoms with Gasteiger partial charge in [-0.1, -0.05) is 48.5 Å². The summed E-state index contributed by atoms with van der Waals surface area (Å²) in [5.74, 6) is -0.271. The molecule has 2 atom stereocenters. The summed E-state index contributed by atoms with van der Waals surface area (Å²) >= 11 is 0. The molecule has 2 fully saturated rings. The first-order valence-corrected chi connectivity index (χ1v) is 8.91. The fourth-order valence-corrected chi connectivity index (χ4v) is 3.65. The van der Waals surface area contributed by atoms with Gasteiger partial charge in [-0.05, 0) is 18.1 Å². The number of rotatable bonds is 3. The maximum Gasteiger partial charge on any atom is 0.319 e. The predicted octanol–water partition coefficient (Wildman–Crippen LogP) is 1.57. The van der Waals surface area contributed by atoms with E-state index in [1.807, 2.05) is 54.6 Å². The summed E-state index contributed by atoms with van der Waals surface area (Å²) in [5, 5.41) is 8.35. The van der Waals surface area contributed by atoms with Crippen molar-refractivity contribution in [3.05, 3.63) is 54.6 Å². The Hall–Kier alpha value is -3.35. The van der Waals surface area contributed by atoms with E-state index in [9.17, 15) is 14.4 Å². The van der Waals surface area contributed by atoms with E-state index < -0.39 is 6.04 Å². The fraction of sp³-hybridized carbons (Fsp3) is 0.250. The van der Waals surface area contributed by atoms with Crippen LogP contribution in [0.3, 0.4) is 0 Å². The average Bonchev–Trinajstić information content (AvgIpc) is 3.11. The second-order valence-corrected chi connectivity index (χ2v) is 6.72. The molecule has 2 heterocycles. The van der Waals surface area contributed by atoms with Crippen LogP contribution in [0, 0.1) is 0 Å². The van der Waals surface area contributed by atoms with Gasteiger partial charge in [-0.2, -0.15) is 0 Å². The molecule has 2 aliphatic rings. The average molecular weight is 364 g/mol. The van der Waals surface area contributed by atoms with Crippen molar-refractivity contribution < 1.29 is 14.4 Å². The van der Waals surface area contributed by atoms with E-state index in [0.29, 0.717) is 18.7 Å². The fourth-order valence-electron chi connectivity index (χ4n) is 3.65. The minimum absolute atomic E-state index is 0.0265. The molecule has 0 bridgehead atoms. The highest BCUT2D eigenvalue weighted by Crippen LogP contribution is 2.27. The summed E-state index contributed by atoms with van der Waals surface area (Å²) < 4.78 is 0. The second-order valence-electron chi connectivity index (χ2n) is 6.72. The molecule has 2 aromatic rings. The quantitative estimate of drug-likeness (QED) is 0.772. The summed E-state index contributed by atoms with van der Waals surface area (Å²) in [6.45, 7) is 0.378. The highest BCUT2D eigenvalue weighted by molar-refractivity contribution is 5.97. The van der Waals surface area contributed by atoms with Crippen LogP contribution in [0.15, 0.2) is 54.6 Å². The van der Waals surface area contributed by atoms with E-state index in [0.717, 1.165) is 11.1 Å². The number of piperazine rings is 1. The first-order chi connectivity index (χ1) is 13.1. The smallest absolute Gasteiger partial charge is 0.319 e. The number of amides is 4. The van der Waals surface area contributed by atoms with Crippen molar-refractivity contribution in [1.29, 1.82) is 0 Å². The Morgan fingerprint density at radius 2 is 1.78 bits per heavy atom. The zero-order chi connectivity index (χ0) is 18.8. The number of hydrogen-bond donors (Lipinski definition) is 3. The molecule has 2 aliphatic heterocycles. The summed E-state index contributed by atoms with van der Waals surface area (Å²) in [6, 6.07) is 16.3. The monoisotopic (exact) mass is 364 g/mol. The van der Waals surface area contributed by atoms with Gasteiger partial charge in [-0.3, -0.25) is 9.59 Å². The van der Waals surface area contributed by atoms with E-state index >= 15 is 0 Å². The number of nitrogens with one attached hydrogen (secondary N) is 3. The first kappa shape index (κ1) is 17.1. The van der Waals surface area contributed by atoms with E-state index in [1.54, 1.807) is 4.90 Å². The van der Waals surface area contributed by atoms with Crippen LogP contribution in [0.25, 0.3) is 11.1 Å². The van der Waals surface area contributed by atoms with E-state index in [-0.39, 0.29) is 30.4 Å². The molecule has 2 unspecified atom stereocenters. The third-order valence-corrected chi connectivity index (χ3v) is 4.93. The Kier molecular flexibility index (Phi) is 4.50. The van der Waals surface area contributed by atoms with Gasteiger partial charge in [0.2, 0.25) is 11.8 Å². The lowest BCUT2D eigenvalue weighted by atomic mass is 10.0. The molecule has 0 aliphatic carbocycles. The van der Waals surface area contributed by atoms with Gasteiger partial charge in [0.1, 0.15) is 6.04 Å². The molecule has 3 N–H and O–H groups in total. The highest BCUT2D eigenvalue weighted by Gasteiger charge is 2.42. The van der Waals surface area contributed by atoms with Crippen molar-refractivity contribution in [2.45, 2.75) is 18.5 Å². The van der Waals surface area contributed by atoms with Crippen molar-refractivity contribution in [3.63, 3.8) is 0 Å². The Morgan fingerprint density at radius 3 is 2.56 bits per heavy atom. The first-order valence-electron chi connectivity index (χ1n) is 8.91. The van der Waals surface area contributed by atoms with E-state index in [4.69, 9.17) is 0 Å². The molecule has 27 heavy (non-hydrogen) atoms. The van der Waals surface area contributed by atoms with Gasteiger partial charge in [-0.15, -0.1) is 0 Å². The molecule has 138 valence electrons. The summed E-state index contributed by atoms with van der Waals surface area (Å²) in [7, 11) is 0. The molecule has 4 amide bonds. The molecule has 0 radical (unpaired) electrons. The summed E-state index contributed by atoms with van der Waals surface area (Å²) in [6.07, 6.45) is 0.422. The van der Waals surface area contributed by atoms with Crippen molar-refractivity contribution >= 4 is 23.5 Å². The number of carbonyl (C=O) groups excluding carboxylic acids is 3. The predicted molar refractivity (Wildman–Crippen MR) is 101 cm³/mol. The lowest BCUT2D eigenvalue weighted by Crippen LogP contribution is -2.55. The third-order valence-electron chi connectivity index (χ3n) is 4.93. The zero-order valence-corrected chi connectivity index (χ0v) is 14.6. The molecule has 7 heteroatoms. The highest BCUT2D eigenvalue weighted by atomic mass is 16.2. The van der Waals surface area contributed by atoms with Crippen molar-refractivity contribution in [2.24, 2.45) is 0 Å². The maximum absolute atomic E-state index is 12.5. The molecule has 0 spiro atoms. The minimum Gasteiger partial charge on any atom is -0.345 e. The molecular formula is C20H20N4O3. The Balaban J connectivity index is 1.44. The molecule has 2 aromatic carbocycles. The number of benzene rings is 2. The van der Waals surface area contributed by atoms with E-state index in [1.165, 1.54) is 0 Å². The third kappa shape index (κ3) is 3.48. The SMILES string of the molecule is O=C(Nc1ccccc1-c1ccccc1)NC1CC2C(=O)NCC(=O)N2C1. The summed E-state index contributed by atoms with van der Waals surface area (Å²) in [4.78, 5) is 37.9. The molecular weight excluding hydrogens is 344 g/mol. The van der Waals surface area contributed by atoms with Crippen LogP contribution < -0.4 is 16.0 Å². The van der Waals surface area contributed by atoms with Crippen LogP contribution in [-0.2, 0) is 9.59 Å². The molecule has 0 aromatic heterocycles. The van der Waals surface area contributed by atoms with Gasteiger partial charge < -0.3 is 20.9 Å². The van der Waals surface area contributed by atoms with Gasteiger partial charge >= 0.3 is 6.03 Å². The number of para-hydroxylation sites is 1. The maximum atomic E-state index is 12.5. The van der Waals surface area contributed by atoms with Crippen molar-refractivity contribution in [1.82, 2.24) is 15.5 Å². The van der Waals surface area contributed by atoms with Gasteiger partial charge in [-0.25, -0.2) is 4.79 Å². The van der Waals surface area contributed by atoms with Crippen LogP contribution in [0.1, 0.15) is 6.42 Å². The summed E-state index contributed by atoms with van der Waals surface area (Å²) in [5.41, 5.74) is 2.63. The molecule has 4 rings (SSSR count). The largest absolute Gasteiger partial charge is 0.345 e. The lowest BCUT2D eigenvalue weighted by Gasteiger charge is -2.28. The molecule has 2 saturated heterocycles. The number of hydrogen-bond acceptors (Lipinski definition) is 3. The van der Waals surface area contributed by atoms with E-state index in [2.05, 4.69) is 16.0 Å². The number of anilines is 1. The molecule has 7 nitrogen and oxygen atoms in total. The molecule has 0 saturated carbocycles. The van der Waals surface area contributed by atoms with Crippen LogP contribution >= 0.6 is 0 Å². The van der Waals surface area contributed by atoms with Crippen LogP contribution in [0.5, 0.6) is 0 Å². The Morgan fingerprint density at radius 1 is 1.04 bits per heavy atom. The lowest BCUT2D eigenvalue weighted by molar-refractivity contribution is -0.143. The van der Waals surface area contributed by atoms with Crippen LogP contribution in [-0.4, -0.2) is 47.9 Å². The number of fused-ring (bicyclic) bond motifs is 1. The number of urea groups is 1. The number of nitrogens with zero attached hydrogens (tertiary/aromatic N) is 1. The Labute approximate surface area is 156 Å². The second kappa shape index (κ2) is 7.11. The standard InChI is InChI=1S/C20H20N4O3/c25-18-11-21-19(26)17-10-14(12-24(17)18)22-20(27)23-16-9-5-4-8-15(16)13-6-2-1-3-7-13/h1-9,14,17H,10-12H2,(H,21,26)(H2,22,23,27). The van der Waals surface area contributed by atoms with Gasteiger partial charge in [0.15, 0.2) is 0 Å². The van der Waals surface area contributed by atoms with Crippen molar-refractivity contribution in [3.8, 4) is 11.1 Å².